The molecule has 0 radical (unpaired) electrons. The van der Waals surface area contributed by atoms with Crippen LogP contribution in [0.3, 0.4) is 0 Å². The van der Waals surface area contributed by atoms with Crippen molar-refractivity contribution in [2.45, 2.75) is 80.9 Å². The fourth-order valence-electron chi connectivity index (χ4n) is 6.11. The molecule has 0 bridgehead atoms. The highest BCUT2D eigenvalue weighted by Crippen LogP contribution is 2.31. The van der Waals surface area contributed by atoms with Gasteiger partial charge in [0.2, 0.25) is 47.3 Å². The summed E-state index contributed by atoms with van der Waals surface area (Å²) in [5.41, 5.74) is 18.5. The van der Waals surface area contributed by atoms with Crippen molar-refractivity contribution in [3.05, 3.63) is 29.8 Å². The molecule has 1 aromatic heterocycles. The van der Waals surface area contributed by atoms with Crippen LogP contribution in [0.1, 0.15) is 38.7 Å². The number of thioether (sulfide) groups is 1. The summed E-state index contributed by atoms with van der Waals surface area (Å²) in [6.45, 7) is 2.20. The normalized spacial score (nSPS) is 24.7. The number of aromatic nitrogens is 1. The number of amides is 8. The molecular formula is C33H46N10O9S. The number of nitrogens with one attached hydrogen (secondary N) is 6. The lowest BCUT2D eigenvalue weighted by molar-refractivity contribution is -0.142. The third-order valence-electron chi connectivity index (χ3n) is 9.15. The molecule has 1 unspecified atom stereocenters. The second-order valence-electron chi connectivity index (χ2n) is 13.1. The van der Waals surface area contributed by atoms with Gasteiger partial charge in [0.1, 0.15) is 24.2 Å². The zero-order valence-corrected chi connectivity index (χ0v) is 30.1. The Morgan fingerprint density at radius 1 is 1.02 bits per heavy atom. The Hall–Kier alpha value is -5.21. The van der Waals surface area contributed by atoms with Gasteiger partial charge in [0, 0.05) is 29.6 Å². The average molecular weight is 759 g/mol. The summed E-state index contributed by atoms with van der Waals surface area (Å²) < 4.78 is 0. The Labute approximate surface area is 308 Å². The van der Waals surface area contributed by atoms with Crippen molar-refractivity contribution in [1.82, 2.24) is 36.5 Å². The van der Waals surface area contributed by atoms with E-state index in [2.05, 4.69) is 31.6 Å². The van der Waals surface area contributed by atoms with Crippen molar-refractivity contribution in [2.75, 3.05) is 25.4 Å². The Balaban J connectivity index is 1.67. The standard InChI is InChI=1S/C33H46N10O9S/c1-3-15(2)27-31(51)38-11-25(46)39-22(30(50)40-21(10-24(35)45)33(52)43-13-16(44)8-23(43)28(36)48)14-53-32-18(17-6-4-5-7-20(17)41-32)9-19(34)29(49)37-12-26(47)42-27/h4-7,15-16,19,21-23,27,41,44H,3,8-14,34H2,1-2H3,(H2,35,45)(H2,36,48)(H,37,49)(H,38,51)(H,39,46)(H,40,50)(H,42,47)/t15-,16+,19?,21-,22-,23-,27-/m0/s1. The highest BCUT2D eigenvalue weighted by Gasteiger charge is 2.41. The van der Waals surface area contributed by atoms with Gasteiger partial charge in [-0.15, -0.1) is 11.8 Å². The summed E-state index contributed by atoms with van der Waals surface area (Å²) in [7, 11) is 0. The molecule has 0 spiro atoms. The second-order valence-corrected chi connectivity index (χ2v) is 14.1. The van der Waals surface area contributed by atoms with Gasteiger partial charge in [-0.3, -0.25) is 38.4 Å². The number of carbonyl (C=O) groups excluding carboxylic acids is 8. The van der Waals surface area contributed by atoms with E-state index in [0.29, 0.717) is 22.5 Å². The Morgan fingerprint density at radius 2 is 1.68 bits per heavy atom. The number of fused-ring (bicyclic) bond motifs is 3. The first-order chi connectivity index (χ1) is 25.1. The zero-order valence-electron chi connectivity index (χ0n) is 29.3. The number of benzene rings is 1. The smallest absolute Gasteiger partial charge is 0.246 e. The molecule has 8 amide bonds. The van der Waals surface area contributed by atoms with Crippen molar-refractivity contribution in [3.63, 3.8) is 0 Å². The summed E-state index contributed by atoms with van der Waals surface area (Å²) in [6, 6.07) is 0.823. The number of primary amides is 2. The maximum absolute atomic E-state index is 13.9. The summed E-state index contributed by atoms with van der Waals surface area (Å²) in [4.78, 5) is 108. The minimum absolute atomic E-state index is 0.0127. The number of H-pyrrole nitrogens is 1. The average Bonchev–Trinajstić information content (AvgIpc) is 3.68. The molecule has 2 aliphatic heterocycles. The van der Waals surface area contributed by atoms with Crippen LogP contribution in [0.25, 0.3) is 10.9 Å². The number of aromatic amines is 1. The predicted molar refractivity (Wildman–Crippen MR) is 191 cm³/mol. The number of para-hydroxylation sites is 1. The first-order valence-corrected chi connectivity index (χ1v) is 18.1. The van der Waals surface area contributed by atoms with Crippen LogP contribution in [-0.2, 0) is 44.8 Å². The molecule has 1 saturated heterocycles. The topological polar surface area (TPSA) is 314 Å². The van der Waals surface area contributed by atoms with Crippen molar-refractivity contribution in [1.29, 1.82) is 0 Å². The molecule has 3 heterocycles. The van der Waals surface area contributed by atoms with E-state index >= 15 is 0 Å². The van der Waals surface area contributed by atoms with E-state index in [0.717, 1.165) is 22.0 Å². The maximum Gasteiger partial charge on any atom is 0.246 e. The number of rotatable bonds is 8. The number of carbonyl (C=O) groups is 8. The lowest BCUT2D eigenvalue weighted by Gasteiger charge is -2.28. The molecule has 288 valence electrons. The Kier molecular flexibility index (Phi) is 13.8. The molecule has 2 aromatic rings. The molecular weight excluding hydrogens is 712 g/mol. The first kappa shape index (κ1) is 40.6. The number of nitrogens with two attached hydrogens (primary N) is 3. The highest BCUT2D eigenvalue weighted by molar-refractivity contribution is 7.99. The van der Waals surface area contributed by atoms with Gasteiger partial charge in [0.15, 0.2) is 0 Å². The fourth-order valence-corrected chi connectivity index (χ4v) is 7.23. The summed E-state index contributed by atoms with van der Waals surface area (Å²) in [5, 5.41) is 24.0. The number of nitrogens with zero attached hydrogens (tertiary/aromatic N) is 1. The molecule has 7 atom stereocenters. The molecule has 1 fully saturated rings. The van der Waals surface area contributed by atoms with Gasteiger partial charge in [-0.25, -0.2) is 0 Å². The van der Waals surface area contributed by atoms with E-state index in [9.17, 15) is 43.5 Å². The van der Waals surface area contributed by atoms with Crippen LogP contribution in [0.15, 0.2) is 29.3 Å². The third kappa shape index (κ3) is 10.4. The van der Waals surface area contributed by atoms with Gasteiger partial charge in [-0.05, 0) is 24.0 Å². The number of aliphatic hydroxyl groups is 1. The summed E-state index contributed by atoms with van der Waals surface area (Å²) in [5.74, 6) is -6.95. The minimum atomic E-state index is -1.60. The minimum Gasteiger partial charge on any atom is -0.391 e. The highest BCUT2D eigenvalue weighted by atomic mass is 32.2. The van der Waals surface area contributed by atoms with Gasteiger partial charge in [-0.2, -0.15) is 0 Å². The van der Waals surface area contributed by atoms with Crippen molar-refractivity contribution in [3.8, 4) is 0 Å². The number of aliphatic hydroxyl groups excluding tert-OH is 1. The van der Waals surface area contributed by atoms with Gasteiger partial charge in [0.25, 0.3) is 0 Å². The lowest BCUT2D eigenvalue weighted by Crippen LogP contribution is -2.58. The zero-order chi connectivity index (χ0) is 39.0. The van der Waals surface area contributed by atoms with Gasteiger partial charge >= 0.3 is 0 Å². The molecule has 2 aliphatic rings. The van der Waals surface area contributed by atoms with Crippen molar-refractivity contribution >= 4 is 69.9 Å². The van der Waals surface area contributed by atoms with Gasteiger partial charge < -0.3 is 58.8 Å². The van der Waals surface area contributed by atoms with E-state index in [1.54, 1.807) is 32.0 Å². The number of hydrogen-bond acceptors (Lipinski definition) is 11. The van der Waals surface area contributed by atoms with Crippen LogP contribution < -0.4 is 43.8 Å². The molecule has 0 saturated carbocycles. The summed E-state index contributed by atoms with van der Waals surface area (Å²) in [6.07, 6.45) is -1.40. The largest absolute Gasteiger partial charge is 0.391 e. The monoisotopic (exact) mass is 758 g/mol. The third-order valence-corrected chi connectivity index (χ3v) is 10.3. The number of hydrogen-bond donors (Lipinski definition) is 10. The first-order valence-electron chi connectivity index (χ1n) is 17.1. The molecule has 4 rings (SSSR count). The SMILES string of the molecule is CC[C@H](C)[C@@H]1NC(=O)CNC(=O)C(N)Cc2c([nH]c3ccccc23)SC[C@@H](C(=O)N[C@@H](CC(N)=O)C(=O)N2C[C@H](O)C[C@H]2C(N)=O)NC(=O)CNC1=O. The van der Waals surface area contributed by atoms with Gasteiger partial charge in [-0.1, -0.05) is 38.5 Å². The van der Waals surface area contributed by atoms with Crippen molar-refractivity contribution in [2.24, 2.45) is 23.1 Å². The van der Waals surface area contributed by atoms with E-state index in [1.807, 2.05) is 6.07 Å². The van der Waals surface area contributed by atoms with Crippen LogP contribution in [-0.4, -0.2) is 124 Å². The Bertz CT molecular complexity index is 1750. The summed E-state index contributed by atoms with van der Waals surface area (Å²) >= 11 is 1.09. The van der Waals surface area contributed by atoms with Crippen LogP contribution in [0.5, 0.6) is 0 Å². The van der Waals surface area contributed by atoms with E-state index < -0.39 is 103 Å². The molecule has 20 heteroatoms. The Morgan fingerprint density at radius 3 is 2.34 bits per heavy atom. The quantitative estimate of drug-likeness (QED) is 0.124. The van der Waals surface area contributed by atoms with Crippen LogP contribution >= 0.6 is 11.8 Å². The lowest BCUT2D eigenvalue weighted by atomic mass is 9.98. The van der Waals surface area contributed by atoms with E-state index in [4.69, 9.17) is 17.2 Å². The van der Waals surface area contributed by atoms with Crippen LogP contribution in [0.4, 0.5) is 0 Å². The number of likely N-dealkylation sites (tertiary alicyclic amines) is 1. The van der Waals surface area contributed by atoms with E-state index in [-0.39, 0.29) is 31.1 Å². The maximum atomic E-state index is 13.9. The molecule has 19 nitrogen and oxygen atoms in total. The number of β-amino-alcohol motifs (C(OH)–C–C–N with tert-alkyl or cyclic N) is 1. The van der Waals surface area contributed by atoms with E-state index in [1.165, 1.54) is 0 Å². The van der Waals surface area contributed by atoms with Crippen molar-refractivity contribution < 1.29 is 43.5 Å². The molecule has 13 N–H and O–H groups in total. The fraction of sp³-hybridized carbons (Fsp3) is 0.515. The second kappa shape index (κ2) is 18.0. The van der Waals surface area contributed by atoms with Crippen LogP contribution in [0.2, 0.25) is 0 Å². The van der Waals surface area contributed by atoms with Crippen LogP contribution in [0, 0.1) is 5.92 Å². The molecule has 0 aliphatic carbocycles. The van der Waals surface area contributed by atoms with Gasteiger partial charge in [0.05, 0.1) is 36.7 Å². The molecule has 1 aromatic carbocycles. The predicted octanol–water partition coefficient (Wildman–Crippen LogP) is -3.80. The molecule has 53 heavy (non-hydrogen) atoms.